The van der Waals surface area contributed by atoms with Crippen LogP contribution in [0.25, 0.3) is 0 Å². The molecular weight excluding hydrogens is 266 g/mol. The Kier molecular flexibility index (Phi) is 4.39. The molecule has 0 bridgehead atoms. The number of hydrogen-bond donors (Lipinski definition) is 1. The molecule has 1 aromatic heterocycles. The zero-order valence-corrected chi connectivity index (χ0v) is 12.3. The summed E-state index contributed by atoms with van der Waals surface area (Å²) in [6.45, 7) is 6.06. The predicted octanol–water partition coefficient (Wildman–Crippen LogP) is 2.91. The lowest BCUT2D eigenvalue weighted by Gasteiger charge is -2.07. The molecule has 2 aromatic rings. The number of hydrogen-bond acceptors (Lipinski definition) is 4. The molecule has 2 rings (SSSR count). The average molecular weight is 283 g/mol. The van der Waals surface area contributed by atoms with Gasteiger partial charge in [0.05, 0.1) is 17.3 Å². The fraction of sp³-hybridized carbons (Fsp3) is 0.312. The molecule has 0 saturated carbocycles. The van der Waals surface area contributed by atoms with Crippen molar-refractivity contribution in [3.63, 3.8) is 0 Å². The first-order valence-electron chi connectivity index (χ1n) is 6.76. The van der Waals surface area contributed by atoms with Crippen molar-refractivity contribution in [2.45, 2.75) is 33.2 Å². The van der Waals surface area contributed by atoms with Gasteiger partial charge in [0.2, 0.25) is 0 Å². The van der Waals surface area contributed by atoms with E-state index >= 15 is 0 Å². The van der Waals surface area contributed by atoms with Gasteiger partial charge in [-0.1, -0.05) is 31.1 Å². The SMILES string of the molecule is Cc1noc(C(C)C)c1C(=O)NCc1ccc(C#N)cc1. The van der Waals surface area contributed by atoms with Gasteiger partial charge in [-0.25, -0.2) is 0 Å². The van der Waals surface area contributed by atoms with Gasteiger partial charge < -0.3 is 9.84 Å². The Morgan fingerprint density at radius 1 is 1.38 bits per heavy atom. The molecule has 0 aliphatic heterocycles. The van der Waals surface area contributed by atoms with Crippen LogP contribution < -0.4 is 5.32 Å². The molecule has 0 aliphatic rings. The van der Waals surface area contributed by atoms with Crippen molar-refractivity contribution in [1.82, 2.24) is 10.5 Å². The highest BCUT2D eigenvalue weighted by atomic mass is 16.5. The largest absolute Gasteiger partial charge is 0.360 e. The molecule has 0 saturated heterocycles. The number of carbonyl (C=O) groups excluding carboxylic acids is 1. The number of nitriles is 1. The molecule has 0 aliphatic carbocycles. The van der Waals surface area contributed by atoms with Crippen molar-refractivity contribution in [3.05, 3.63) is 52.4 Å². The van der Waals surface area contributed by atoms with Crippen LogP contribution in [0.3, 0.4) is 0 Å². The molecule has 5 heteroatoms. The van der Waals surface area contributed by atoms with E-state index in [2.05, 4.69) is 16.5 Å². The molecular formula is C16H17N3O2. The minimum absolute atomic E-state index is 0.0989. The minimum atomic E-state index is -0.193. The number of benzene rings is 1. The fourth-order valence-corrected chi connectivity index (χ4v) is 2.03. The van der Waals surface area contributed by atoms with Crippen LogP contribution in [-0.2, 0) is 6.54 Å². The van der Waals surface area contributed by atoms with Crippen LogP contribution in [0.5, 0.6) is 0 Å². The molecule has 1 heterocycles. The highest BCUT2D eigenvalue weighted by Gasteiger charge is 2.22. The van der Waals surface area contributed by atoms with Gasteiger partial charge in [-0.3, -0.25) is 4.79 Å². The molecule has 1 aromatic carbocycles. The number of carbonyl (C=O) groups is 1. The second-order valence-corrected chi connectivity index (χ2v) is 5.15. The van der Waals surface area contributed by atoms with Crippen LogP contribution in [0.2, 0.25) is 0 Å². The van der Waals surface area contributed by atoms with Crippen molar-refractivity contribution in [1.29, 1.82) is 5.26 Å². The van der Waals surface area contributed by atoms with E-state index in [0.717, 1.165) is 5.56 Å². The van der Waals surface area contributed by atoms with E-state index < -0.39 is 0 Å². The first kappa shape index (κ1) is 14.8. The number of nitrogens with zero attached hydrogens (tertiary/aromatic N) is 2. The summed E-state index contributed by atoms with van der Waals surface area (Å²) >= 11 is 0. The second kappa shape index (κ2) is 6.23. The van der Waals surface area contributed by atoms with E-state index in [-0.39, 0.29) is 11.8 Å². The maximum atomic E-state index is 12.3. The standard InChI is InChI=1S/C16H17N3O2/c1-10(2)15-14(11(3)19-21-15)16(20)18-9-13-6-4-12(8-17)5-7-13/h4-7,10H,9H2,1-3H3,(H,18,20). The summed E-state index contributed by atoms with van der Waals surface area (Å²) in [4.78, 5) is 12.3. The number of amides is 1. The summed E-state index contributed by atoms with van der Waals surface area (Å²) in [5.74, 6) is 0.508. The molecule has 0 unspecified atom stereocenters. The summed E-state index contributed by atoms with van der Waals surface area (Å²) < 4.78 is 5.21. The van der Waals surface area contributed by atoms with Gasteiger partial charge in [-0.05, 0) is 24.6 Å². The van der Waals surface area contributed by atoms with Crippen LogP contribution >= 0.6 is 0 Å². The Hall–Kier alpha value is -2.61. The molecule has 5 nitrogen and oxygen atoms in total. The molecule has 0 spiro atoms. The lowest BCUT2D eigenvalue weighted by Crippen LogP contribution is -2.24. The van der Waals surface area contributed by atoms with Gasteiger partial charge in [0.25, 0.3) is 5.91 Å². The van der Waals surface area contributed by atoms with Crippen LogP contribution in [0.4, 0.5) is 0 Å². The first-order valence-corrected chi connectivity index (χ1v) is 6.76. The number of aryl methyl sites for hydroxylation is 1. The van der Waals surface area contributed by atoms with Gasteiger partial charge in [-0.2, -0.15) is 5.26 Å². The van der Waals surface area contributed by atoms with Crippen molar-refractivity contribution in [2.24, 2.45) is 0 Å². The van der Waals surface area contributed by atoms with Gasteiger partial charge in [-0.15, -0.1) is 0 Å². The Labute approximate surface area is 123 Å². The summed E-state index contributed by atoms with van der Waals surface area (Å²) in [6, 6.07) is 9.16. The maximum Gasteiger partial charge on any atom is 0.257 e. The van der Waals surface area contributed by atoms with Crippen molar-refractivity contribution in [2.75, 3.05) is 0 Å². The quantitative estimate of drug-likeness (QED) is 0.935. The van der Waals surface area contributed by atoms with Crippen LogP contribution in [0.15, 0.2) is 28.8 Å². The topological polar surface area (TPSA) is 78.9 Å². The van der Waals surface area contributed by atoms with Crippen molar-refractivity contribution in [3.8, 4) is 6.07 Å². The molecule has 0 radical (unpaired) electrons. The third-order valence-corrected chi connectivity index (χ3v) is 3.18. The van der Waals surface area contributed by atoms with Gasteiger partial charge in [0.1, 0.15) is 5.56 Å². The number of nitrogens with one attached hydrogen (secondary N) is 1. The molecule has 1 amide bonds. The highest BCUT2D eigenvalue weighted by Crippen LogP contribution is 2.22. The highest BCUT2D eigenvalue weighted by molar-refractivity contribution is 5.96. The van der Waals surface area contributed by atoms with Crippen molar-refractivity contribution < 1.29 is 9.32 Å². The Morgan fingerprint density at radius 2 is 2.05 bits per heavy atom. The Morgan fingerprint density at radius 3 is 2.62 bits per heavy atom. The zero-order chi connectivity index (χ0) is 15.4. The van der Waals surface area contributed by atoms with Crippen molar-refractivity contribution >= 4 is 5.91 Å². The average Bonchev–Trinajstić information content (AvgIpc) is 2.87. The van der Waals surface area contributed by atoms with Gasteiger partial charge in [0, 0.05) is 12.5 Å². The molecule has 0 fully saturated rings. The molecule has 0 atom stereocenters. The molecule has 1 N–H and O–H groups in total. The number of aromatic nitrogens is 1. The summed E-state index contributed by atoms with van der Waals surface area (Å²) in [5.41, 5.74) is 2.64. The molecule has 21 heavy (non-hydrogen) atoms. The van der Waals surface area contributed by atoms with E-state index in [1.165, 1.54) is 0 Å². The normalized spacial score (nSPS) is 10.4. The zero-order valence-electron chi connectivity index (χ0n) is 12.3. The van der Waals surface area contributed by atoms with Crippen LogP contribution in [0, 0.1) is 18.3 Å². The summed E-state index contributed by atoms with van der Waals surface area (Å²) in [5, 5.41) is 15.5. The van der Waals surface area contributed by atoms with E-state index in [1.807, 2.05) is 26.0 Å². The van der Waals surface area contributed by atoms with Crippen LogP contribution in [0.1, 0.15) is 52.7 Å². The third kappa shape index (κ3) is 3.29. The van der Waals surface area contributed by atoms with Crippen LogP contribution in [-0.4, -0.2) is 11.1 Å². The second-order valence-electron chi connectivity index (χ2n) is 5.15. The van der Waals surface area contributed by atoms with E-state index in [0.29, 0.717) is 29.1 Å². The monoisotopic (exact) mass is 283 g/mol. The predicted molar refractivity (Wildman–Crippen MR) is 77.7 cm³/mol. The third-order valence-electron chi connectivity index (χ3n) is 3.18. The maximum absolute atomic E-state index is 12.3. The fourth-order valence-electron chi connectivity index (χ4n) is 2.03. The lowest BCUT2D eigenvalue weighted by molar-refractivity contribution is 0.0948. The Bertz CT molecular complexity index is 679. The lowest BCUT2D eigenvalue weighted by atomic mass is 10.0. The molecule has 108 valence electrons. The summed E-state index contributed by atoms with van der Waals surface area (Å²) in [6.07, 6.45) is 0. The Balaban J connectivity index is 2.08. The smallest absolute Gasteiger partial charge is 0.257 e. The van der Waals surface area contributed by atoms with E-state index in [9.17, 15) is 4.79 Å². The van der Waals surface area contributed by atoms with E-state index in [4.69, 9.17) is 9.78 Å². The van der Waals surface area contributed by atoms with Gasteiger partial charge in [0.15, 0.2) is 5.76 Å². The number of rotatable bonds is 4. The first-order chi connectivity index (χ1) is 10.0. The minimum Gasteiger partial charge on any atom is -0.360 e. The van der Waals surface area contributed by atoms with Gasteiger partial charge >= 0.3 is 0 Å². The van der Waals surface area contributed by atoms with E-state index in [1.54, 1.807) is 19.1 Å². The summed E-state index contributed by atoms with van der Waals surface area (Å²) in [7, 11) is 0.